The molecular weight excluding hydrogens is 344 g/mol. The van der Waals surface area contributed by atoms with E-state index in [1.165, 1.54) is 29.8 Å². The summed E-state index contributed by atoms with van der Waals surface area (Å²) in [5.41, 5.74) is 1.87. The van der Waals surface area contributed by atoms with E-state index >= 15 is 0 Å². The lowest BCUT2D eigenvalue weighted by Crippen LogP contribution is -2.40. The second-order valence-corrected chi connectivity index (χ2v) is 6.66. The summed E-state index contributed by atoms with van der Waals surface area (Å²) in [5.74, 6) is -1.23. The van der Waals surface area contributed by atoms with E-state index in [0.29, 0.717) is 18.7 Å². The van der Waals surface area contributed by atoms with Gasteiger partial charge in [-0.2, -0.15) is 0 Å². The van der Waals surface area contributed by atoms with Gasteiger partial charge < -0.3 is 15.2 Å². The van der Waals surface area contributed by atoms with Gasteiger partial charge in [-0.1, -0.05) is 30.3 Å². The van der Waals surface area contributed by atoms with Crippen LogP contribution in [0.25, 0.3) is 0 Å². The van der Waals surface area contributed by atoms with Crippen molar-refractivity contribution in [3.05, 3.63) is 71.3 Å². The molecular formula is C21H24N2O4. The van der Waals surface area contributed by atoms with Gasteiger partial charge in [0.15, 0.2) is 0 Å². The van der Waals surface area contributed by atoms with Crippen molar-refractivity contribution in [1.82, 2.24) is 10.2 Å². The molecule has 1 fully saturated rings. The molecule has 142 valence electrons. The number of rotatable bonds is 6. The van der Waals surface area contributed by atoms with Gasteiger partial charge in [0, 0.05) is 38.3 Å². The van der Waals surface area contributed by atoms with E-state index < -0.39 is 5.97 Å². The summed E-state index contributed by atoms with van der Waals surface area (Å²) in [6.45, 7) is 3.69. The number of hydrogen-bond acceptors (Lipinski definition) is 4. The average Bonchev–Trinajstić information content (AvgIpc) is 2.92. The second-order valence-electron chi connectivity index (χ2n) is 6.66. The molecule has 2 N–H and O–H groups in total. The van der Waals surface area contributed by atoms with Gasteiger partial charge in [-0.05, 0) is 36.2 Å². The molecule has 6 heteroatoms. The fourth-order valence-electron chi connectivity index (χ4n) is 3.15. The molecule has 2 aromatic rings. The zero-order chi connectivity index (χ0) is 19.1. The average molecular weight is 368 g/mol. The van der Waals surface area contributed by atoms with Crippen LogP contribution in [0.3, 0.4) is 0 Å². The standard InChI is InChI=1S/C21H24N2O4/c24-20(17-7-9-18(10-8-17)21(25)26)22-13-19-15-23(11-4-12-27-19)14-16-5-2-1-3-6-16/h1-3,5-10,19H,4,11-15H2,(H,22,24)(H,25,26). The maximum Gasteiger partial charge on any atom is 0.335 e. The number of carbonyl (C=O) groups is 2. The van der Waals surface area contributed by atoms with Crippen LogP contribution in [-0.4, -0.2) is 54.2 Å². The van der Waals surface area contributed by atoms with Gasteiger partial charge in [-0.3, -0.25) is 9.69 Å². The van der Waals surface area contributed by atoms with Crippen molar-refractivity contribution in [2.45, 2.75) is 19.1 Å². The van der Waals surface area contributed by atoms with Crippen molar-refractivity contribution in [1.29, 1.82) is 0 Å². The van der Waals surface area contributed by atoms with Gasteiger partial charge in [-0.25, -0.2) is 4.79 Å². The predicted octanol–water partition coefficient (Wildman–Crippen LogP) is 2.41. The van der Waals surface area contributed by atoms with Gasteiger partial charge in [0.2, 0.25) is 0 Å². The molecule has 1 amide bonds. The predicted molar refractivity (Wildman–Crippen MR) is 102 cm³/mol. The number of carbonyl (C=O) groups excluding carboxylic acids is 1. The van der Waals surface area contributed by atoms with Crippen molar-refractivity contribution >= 4 is 11.9 Å². The molecule has 0 aromatic heterocycles. The molecule has 0 aliphatic carbocycles. The highest BCUT2D eigenvalue weighted by molar-refractivity contribution is 5.95. The number of benzene rings is 2. The number of nitrogens with one attached hydrogen (secondary N) is 1. The van der Waals surface area contributed by atoms with Crippen LogP contribution in [0.1, 0.15) is 32.7 Å². The Morgan fingerprint density at radius 3 is 2.48 bits per heavy atom. The zero-order valence-corrected chi connectivity index (χ0v) is 15.1. The number of nitrogens with zero attached hydrogens (tertiary/aromatic N) is 1. The molecule has 27 heavy (non-hydrogen) atoms. The minimum absolute atomic E-state index is 0.0709. The molecule has 0 bridgehead atoms. The van der Waals surface area contributed by atoms with E-state index in [1.54, 1.807) is 0 Å². The van der Waals surface area contributed by atoms with Crippen LogP contribution in [0.4, 0.5) is 0 Å². The third-order valence-electron chi connectivity index (χ3n) is 4.57. The van der Waals surface area contributed by atoms with E-state index in [-0.39, 0.29) is 17.6 Å². The van der Waals surface area contributed by atoms with Crippen molar-refractivity contribution in [2.75, 3.05) is 26.2 Å². The number of amides is 1. The summed E-state index contributed by atoms with van der Waals surface area (Å²) in [7, 11) is 0. The third kappa shape index (κ3) is 5.64. The summed E-state index contributed by atoms with van der Waals surface area (Å²) in [4.78, 5) is 25.5. The SMILES string of the molecule is O=C(O)c1ccc(C(=O)NCC2CN(Cc3ccccc3)CCCO2)cc1. The molecule has 2 aromatic carbocycles. The molecule has 0 saturated carbocycles. The van der Waals surface area contributed by atoms with Crippen LogP contribution in [0, 0.1) is 0 Å². The maximum atomic E-state index is 12.3. The molecule has 1 aliphatic rings. The second kappa shape index (κ2) is 9.30. The smallest absolute Gasteiger partial charge is 0.335 e. The fourth-order valence-corrected chi connectivity index (χ4v) is 3.15. The molecule has 0 spiro atoms. The fraction of sp³-hybridized carbons (Fsp3) is 0.333. The first kappa shape index (κ1) is 19.1. The Bertz CT molecular complexity index is 762. The lowest BCUT2D eigenvalue weighted by molar-refractivity contribution is 0.0510. The van der Waals surface area contributed by atoms with Crippen molar-refractivity contribution in [2.24, 2.45) is 0 Å². The van der Waals surface area contributed by atoms with Crippen LogP contribution >= 0.6 is 0 Å². The van der Waals surface area contributed by atoms with Crippen molar-refractivity contribution in [3.8, 4) is 0 Å². The molecule has 1 saturated heterocycles. The van der Waals surface area contributed by atoms with Gasteiger partial charge in [0.1, 0.15) is 0 Å². The van der Waals surface area contributed by atoms with Crippen LogP contribution < -0.4 is 5.32 Å². The molecule has 1 aliphatic heterocycles. The van der Waals surface area contributed by atoms with Gasteiger partial charge in [0.05, 0.1) is 11.7 Å². The number of aromatic carboxylic acids is 1. The quantitative estimate of drug-likeness (QED) is 0.819. The summed E-state index contributed by atoms with van der Waals surface area (Å²) in [6.07, 6.45) is 0.895. The van der Waals surface area contributed by atoms with Crippen LogP contribution in [0.2, 0.25) is 0 Å². The van der Waals surface area contributed by atoms with Crippen LogP contribution in [0.15, 0.2) is 54.6 Å². The molecule has 1 heterocycles. The van der Waals surface area contributed by atoms with Crippen molar-refractivity contribution < 1.29 is 19.4 Å². The zero-order valence-electron chi connectivity index (χ0n) is 15.1. The summed E-state index contributed by atoms with van der Waals surface area (Å²) >= 11 is 0. The minimum Gasteiger partial charge on any atom is -0.478 e. The first-order valence-electron chi connectivity index (χ1n) is 9.11. The van der Waals surface area contributed by atoms with E-state index in [4.69, 9.17) is 9.84 Å². The Kier molecular flexibility index (Phi) is 6.57. The Hall–Kier alpha value is -2.70. The number of ether oxygens (including phenoxy) is 1. The number of hydrogen-bond donors (Lipinski definition) is 2. The Balaban J connectivity index is 1.52. The summed E-state index contributed by atoms with van der Waals surface area (Å²) in [5, 5.41) is 11.8. The molecule has 3 rings (SSSR count). The molecule has 1 unspecified atom stereocenters. The lowest BCUT2D eigenvalue weighted by Gasteiger charge is -2.24. The monoisotopic (exact) mass is 368 g/mol. The molecule has 1 atom stereocenters. The first-order valence-corrected chi connectivity index (χ1v) is 9.11. The lowest BCUT2D eigenvalue weighted by atomic mass is 10.1. The number of carboxylic acids is 1. The summed E-state index contributed by atoms with van der Waals surface area (Å²) in [6, 6.07) is 16.2. The Morgan fingerprint density at radius 2 is 1.78 bits per heavy atom. The van der Waals surface area contributed by atoms with Crippen molar-refractivity contribution in [3.63, 3.8) is 0 Å². The molecule has 0 radical (unpaired) electrons. The van der Waals surface area contributed by atoms with E-state index in [2.05, 4.69) is 22.3 Å². The maximum absolute atomic E-state index is 12.3. The number of carboxylic acid groups (broad SMARTS) is 1. The topological polar surface area (TPSA) is 78.9 Å². The molecule has 6 nitrogen and oxygen atoms in total. The minimum atomic E-state index is -1.01. The first-order chi connectivity index (χ1) is 13.1. The van der Waals surface area contributed by atoms with Crippen LogP contribution in [-0.2, 0) is 11.3 Å². The van der Waals surface area contributed by atoms with E-state index in [0.717, 1.165) is 26.1 Å². The van der Waals surface area contributed by atoms with Gasteiger partial charge in [0.25, 0.3) is 5.91 Å². The highest BCUT2D eigenvalue weighted by Crippen LogP contribution is 2.11. The third-order valence-corrected chi connectivity index (χ3v) is 4.57. The van der Waals surface area contributed by atoms with Crippen LogP contribution in [0.5, 0.6) is 0 Å². The largest absolute Gasteiger partial charge is 0.478 e. The normalized spacial score (nSPS) is 17.9. The van der Waals surface area contributed by atoms with Gasteiger partial charge >= 0.3 is 5.97 Å². The van der Waals surface area contributed by atoms with E-state index in [1.807, 2.05) is 18.2 Å². The Morgan fingerprint density at radius 1 is 1.07 bits per heavy atom. The highest BCUT2D eigenvalue weighted by atomic mass is 16.5. The Labute approximate surface area is 158 Å². The van der Waals surface area contributed by atoms with Gasteiger partial charge in [-0.15, -0.1) is 0 Å². The highest BCUT2D eigenvalue weighted by Gasteiger charge is 2.20. The summed E-state index contributed by atoms with van der Waals surface area (Å²) < 4.78 is 5.87. The van der Waals surface area contributed by atoms with E-state index in [9.17, 15) is 9.59 Å².